The highest BCUT2D eigenvalue weighted by molar-refractivity contribution is 5.78. The van der Waals surface area contributed by atoms with Crippen LogP contribution in [0.15, 0.2) is 54.6 Å². The predicted octanol–water partition coefficient (Wildman–Crippen LogP) is 3.74. The van der Waals surface area contributed by atoms with Crippen molar-refractivity contribution in [3.05, 3.63) is 71.3 Å². The summed E-state index contributed by atoms with van der Waals surface area (Å²) < 4.78 is 0. The molecule has 1 amide bonds. The van der Waals surface area contributed by atoms with E-state index in [0.29, 0.717) is 12.5 Å². The van der Waals surface area contributed by atoms with E-state index < -0.39 is 0 Å². The SMILES string of the molecule is O=C(NCc1ccccc1)C1CCN(C[C@H]2CCc3ccccc32)CC1. The van der Waals surface area contributed by atoms with Gasteiger partial charge in [-0.3, -0.25) is 4.79 Å². The summed E-state index contributed by atoms with van der Waals surface area (Å²) in [5.41, 5.74) is 4.25. The van der Waals surface area contributed by atoms with Crippen LogP contribution in [-0.4, -0.2) is 30.4 Å². The summed E-state index contributed by atoms with van der Waals surface area (Å²) in [4.78, 5) is 15.0. The minimum Gasteiger partial charge on any atom is -0.352 e. The maximum absolute atomic E-state index is 12.5. The number of benzene rings is 2. The van der Waals surface area contributed by atoms with Gasteiger partial charge < -0.3 is 10.2 Å². The molecule has 1 fully saturated rings. The third-order valence-corrected chi connectivity index (χ3v) is 6.00. The Kier molecular flexibility index (Phi) is 5.35. The van der Waals surface area contributed by atoms with Crippen LogP contribution in [0.4, 0.5) is 0 Å². The van der Waals surface area contributed by atoms with E-state index in [1.54, 1.807) is 5.56 Å². The molecule has 0 radical (unpaired) electrons. The molecule has 136 valence electrons. The number of rotatable bonds is 5. The zero-order valence-corrected chi connectivity index (χ0v) is 15.4. The summed E-state index contributed by atoms with van der Waals surface area (Å²) in [6, 6.07) is 19.0. The van der Waals surface area contributed by atoms with Gasteiger partial charge in [0.05, 0.1) is 0 Å². The van der Waals surface area contributed by atoms with Crippen molar-refractivity contribution in [1.29, 1.82) is 0 Å². The van der Waals surface area contributed by atoms with Crippen LogP contribution in [0.25, 0.3) is 0 Å². The van der Waals surface area contributed by atoms with E-state index in [9.17, 15) is 4.79 Å². The van der Waals surface area contributed by atoms with Gasteiger partial charge in [0.1, 0.15) is 0 Å². The second-order valence-electron chi connectivity index (χ2n) is 7.71. The summed E-state index contributed by atoms with van der Waals surface area (Å²) in [6.45, 7) is 3.87. The van der Waals surface area contributed by atoms with Crippen LogP contribution in [0.5, 0.6) is 0 Å². The van der Waals surface area contributed by atoms with Crippen molar-refractivity contribution in [1.82, 2.24) is 10.2 Å². The van der Waals surface area contributed by atoms with Gasteiger partial charge in [0, 0.05) is 19.0 Å². The molecule has 1 aliphatic heterocycles. The molecule has 2 aliphatic rings. The molecule has 0 aromatic heterocycles. The molecule has 0 bridgehead atoms. The van der Waals surface area contributed by atoms with Crippen LogP contribution in [0.1, 0.15) is 41.9 Å². The van der Waals surface area contributed by atoms with E-state index in [1.807, 2.05) is 18.2 Å². The molecule has 1 atom stereocenters. The number of fused-ring (bicyclic) bond motifs is 1. The summed E-state index contributed by atoms with van der Waals surface area (Å²) in [6.07, 6.45) is 4.46. The summed E-state index contributed by atoms with van der Waals surface area (Å²) >= 11 is 0. The first kappa shape index (κ1) is 17.3. The Morgan fingerprint density at radius 3 is 2.50 bits per heavy atom. The molecule has 0 unspecified atom stereocenters. The fourth-order valence-electron chi connectivity index (χ4n) is 4.45. The number of hydrogen-bond acceptors (Lipinski definition) is 2. The van der Waals surface area contributed by atoms with E-state index in [2.05, 4.69) is 46.6 Å². The molecule has 1 heterocycles. The monoisotopic (exact) mass is 348 g/mol. The van der Waals surface area contributed by atoms with E-state index in [1.165, 1.54) is 18.4 Å². The van der Waals surface area contributed by atoms with Gasteiger partial charge in [-0.1, -0.05) is 54.6 Å². The number of carbonyl (C=O) groups excluding carboxylic acids is 1. The molecule has 0 spiro atoms. The Balaban J connectivity index is 1.23. The molecule has 2 aromatic carbocycles. The highest BCUT2D eigenvalue weighted by Gasteiger charge is 2.28. The molecule has 4 rings (SSSR count). The molecule has 26 heavy (non-hydrogen) atoms. The van der Waals surface area contributed by atoms with Crippen LogP contribution in [-0.2, 0) is 17.8 Å². The van der Waals surface area contributed by atoms with Crippen LogP contribution < -0.4 is 5.32 Å². The molecule has 3 heteroatoms. The molecule has 1 saturated heterocycles. The van der Waals surface area contributed by atoms with Gasteiger partial charge in [-0.2, -0.15) is 0 Å². The number of aryl methyl sites for hydroxylation is 1. The van der Waals surface area contributed by atoms with Gasteiger partial charge in [-0.25, -0.2) is 0 Å². The first-order chi connectivity index (χ1) is 12.8. The molecule has 3 nitrogen and oxygen atoms in total. The lowest BCUT2D eigenvalue weighted by molar-refractivity contribution is -0.126. The summed E-state index contributed by atoms with van der Waals surface area (Å²) in [5, 5.41) is 3.11. The van der Waals surface area contributed by atoms with Crippen LogP contribution >= 0.6 is 0 Å². The van der Waals surface area contributed by atoms with E-state index >= 15 is 0 Å². The standard InChI is InChI=1S/C23H28N2O/c26-23(24-16-18-6-2-1-3-7-18)20-12-14-25(15-13-20)17-21-11-10-19-8-4-5-9-22(19)21/h1-9,20-21H,10-17H2,(H,24,26)/t21-/m1/s1. The van der Waals surface area contributed by atoms with Gasteiger partial charge in [0.2, 0.25) is 5.91 Å². The molecule has 1 N–H and O–H groups in total. The number of carbonyl (C=O) groups is 1. The van der Waals surface area contributed by atoms with Gasteiger partial charge in [-0.05, 0) is 61.4 Å². The molecule has 1 aliphatic carbocycles. The Hall–Kier alpha value is -2.13. The lowest BCUT2D eigenvalue weighted by Crippen LogP contribution is -2.41. The maximum Gasteiger partial charge on any atom is 0.223 e. The summed E-state index contributed by atoms with van der Waals surface area (Å²) in [7, 11) is 0. The van der Waals surface area contributed by atoms with Crippen molar-refractivity contribution in [2.45, 2.75) is 38.1 Å². The topological polar surface area (TPSA) is 32.3 Å². The molecule has 0 saturated carbocycles. The fourth-order valence-corrected chi connectivity index (χ4v) is 4.45. The molecular weight excluding hydrogens is 320 g/mol. The van der Waals surface area contributed by atoms with Crippen LogP contribution in [0, 0.1) is 5.92 Å². The quantitative estimate of drug-likeness (QED) is 0.893. The van der Waals surface area contributed by atoms with Crippen molar-refractivity contribution < 1.29 is 4.79 Å². The highest BCUT2D eigenvalue weighted by atomic mass is 16.1. The predicted molar refractivity (Wildman–Crippen MR) is 105 cm³/mol. The smallest absolute Gasteiger partial charge is 0.223 e. The zero-order chi connectivity index (χ0) is 17.8. The lowest BCUT2D eigenvalue weighted by atomic mass is 9.94. The normalized spacial score (nSPS) is 20.7. The van der Waals surface area contributed by atoms with Gasteiger partial charge in [-0.15, -0.1) is 0 Å². The maximum atomic E-state index is 12.5. The van der Waals surface area contributed by atoms with E-state index in [-0.39, 0.29) is 11.8 Å². The van der Waals surface area contributed by atoms with Gasteiger partial charge >= 0.3 is 0 Å². The number of likely N-dealkylation sites (tertiary alicyclic amines) is 1. The average Bonchev–Trinajstić information content (AvgIpc) is 3.10. The summed E-state index contributed by atoms with van der Waals surface area (Å²) in [5.74, 6) is 1.07. The minimum absolute atomic E-state index is 0.172. The van der Waals surface area contributed by atoms with Crippen LogP contribution in [0.3, 0.4) is 0 Å². The Morgan fingerprint density at radius 1 is 0.962 bits per heavy atom. The zero-order valence-electron chi connectivity index (χ0n) is 15.4. The lowest BCUT2D eigenvalue weighted by Gasteiger charge is -2.33. The third kappa shape index (κ3) is 3.99. The van der Waals surface area contributed by atoms with Crippen molar-refractivity contribution >= 4 is 5.91 Å². The largest absolute Gasteiger partial charge is 0.352 e. The number of amides is 1. The van der Waals surface area contributed by atoms with Gasteiger partial charge in [0.25, 0.3) is 0 Å². The minimum atomic E-state index is 0.172. The Labute approximate surface area is 156 Å². The number of nitrogens with one attached hydrogen (secondary N) is 1. The van der Waals surface area contributed by atoms with Crippen molar-refractivity contribution in [2.24, 2.45) is 5.92 Å². The number of hydrogen-bond donors (Lipinski definition) is 1. The fraction of sp³-hybridized carbons (Fsp3) is 0.435. The Morgan fingerprint density at radius 2 is 1.69 bits per heavy atom. The average molecular weight is 348 g/mol. The van der Waals surface area contributed by atoms with E-state index in [4.69, 9.17) is 0 Å². The molecular formula is C23H28N2O. The first-order valence-electron chi connectivity index (χ1n) is 9.91. The number of nitrogens with zero attached hydrogens (tertiary/aromatic N) is 1. The Bertz CT molecular complexity index is 735. The molecule has 2 aromatic rings. The number of piperidine rings is 1. The second kappa shape index (κ2) is 8.05. The second-order valence-corrected chi connectivity index (χ2v) is 7.71. The van der Waals surface area contributed by atoms with Crippen molar-refractivity contribution in [3.8, 4) is 0 Å². The first-order valence-corrected chi connectivity index (χ1v) is 9.91. The third-order valence-electron chi connectivity index (χ3n) is 6.00. The van der Waals surface area contributed by atoms with Crippen LogP contribution in [0.2, 0.25) is 0 Å². The van der Waals surface area contributed by atoms with Crippen molar-refractivity contribution in [2.75, 3.05) is 19.6 Å². The highest BCUT2D eigenvalue weighted by Crippen LogP contribution is 2.34. The van der Waals surface area contributed by atoms with E-state index in [0.717, 1.165) is 38.0 Å². The van der Waals surface area contributed by atoms with Gasteiger partial charge in [0.15, 0.2) is 0 Å². The van der Waals surface area contributed by atoms with Crippen molar-refractivity contribution in [3.63, 3.8) is 0 Å².